The van der Waals surface area contributed by atoms with E-state index in [9.17, 15) is 9.90 Å². The number of fused-ring (bicyclic) bond motifs is 3. The normalized spacial score (nSPS) is 34.1. The van der Waals surface area contributed by atoms with Crippen LogP contribution in [0.5, 0.6) is 5.75 Å². The summed E-state index contributed by atoms with van der Waals surface area (Å²) in [4.78, 5) is 16.0. The molecule has 1 saturated heterocycles. The van der Waals surface area contributed by atoms with E-state index < -0.39 is 6.10 Å². The molecule has 6 atom stereocenters. The molecule has 5 rings (SSSR count). The van der Waals surface area contributed by atoms with Crippen molar-refractivity contribution in [1.82, 2.24) is 10.3 Å². The Morgan fingerprint density at radius 2 is 2.22 bits per heavy atom. The highest BCUT2D eigenvalue weighted by Gasteiger charge is 2.59. The van der Waals surface area contributed by atoms with E-state index in [-0.39, 0.29) is 29.3 Å². The quantitative estimate of drug-likeness (QED) is 0.365. The molecule has 1 aliphatic heterocycles. The van der Waals surface area contributed by atoms with Crippen molar-refractivity contribution in [3.63, 3.8) is 0 Å². The number of nitrogens with one attached hydrogen (secondary N) is 2. The number of aliphatic hydroxyl groups excluding tert-OH is 1. The van der Waals surface area contributed by atoms with Gasteiger partial charge in [0.05, 0.1) is 19.1 Å². The number of aromatic nitrogens is 1. The largest absolute Gasteiger partial charge is 0.497 e. The zero-order chi connectivity index (χ0) is 22.5. The summed E-state index contributed by atoms with van der Waals surface area (Å²) in [5, 5.41) is 16.1. The van der Waals surface area contributed by atoms with Crippen LogP contribution >= 0.6 is 0 Å². The summed E-state index contributed by atoms with van der Waals surface area (Å²) in [7, 11) is 1.68. The van der Waals surface area contributed by atoms with Gasteiger partial charge in [-0.05, 0) is 55.5 Å². The molecule has 2 fully saturated rings. The Balaban J connectivity index is 1.25. The highest BCUT2D eigenvalue weighted by atomic mass is 16.6. The third-order valence-corrected chi connectivity index (χ3v) is 8.48. The number of hydrogen-bond donors (Lipinski definition) is 3. The molecule has 32 heavy (non-hydrogen) atoms. The fourth-order valence-electron chi connectivity index (χ4n) is 6.27. The second-order valence-electron chi connectivity index (χ2n) is 9.98. The number of hydrogen-bond acceptors (Lipinski definition) is 5. The van der Waals surface area contributed by atoms with Crippen LogP contribution in [-0.2, 0) is 16.0 Å². The first-order valence-electron chi connectivity index (χ1n) is 11.9. The minimum Gasteiger partial charge on any atom is -0.497 e. The van der Waals surface area contributed by atoms with Crippen LogP contribution in [0.4, 0.5) is 0 Å². The van der Waals surface area contributed by atoms with Gasteiger partial charge in [-0.3, -0.25) is 4.79 Å². The average Bonchev–Trinajstić information content (AvgIpc) is 3.33. The van der Waals surface area contributed by atoms with Crippen molar-refractivity contribution in [1.29, 1.82) is 0 Å². The molecule has 2 heterocycles. The van der Waals surface area contributed by atoms with Crippen molar-refractivity contribution < 1.29 is 19.4 Å². The molecule has 1 saturated carbocycles. The summed E-state index contributed by atoms with van der Waals surface area (Å²) in [6.45, 7) is 5.70. The topological polar surface area (TPSA) is 83.6 Å². The van der Waals surface area contributed by atoms with Crippen molar-refractivity contribution >= 4 is 16.9 Å². The first-order valence-corrected chi connectivity index (χ1v) is 11.9. The number of aliphatic hydroxyl groups is 1. The molecule has 0 spiro atoms. The minimum absolute atomic E-state index is 0.143. The number of esters is 1. The molecule has 0 radical (unpaired) electrons. The lowest BCUT2D eigenvalue weighted by Gasteiger charge is -2.51. The first kappa shape index (κ1) is 21.5. The Morgan fingerprint density at radius 1 is 1.38 bits per heavy atom. The van der Waals surface area contributed by atoms with E-state index in [0.717, 1.165) is 48.9 Å². The Kier molecular flexibility index (Phi) is 5.54. The Hall–Kier alpha value is -2.31. The minimum atomic E-state index is -0.554. The van der Waals surface area contributed by atoms with E-state index in [1.807, 2.05) is 18.3 Å². The third kappa shape index (κ3) is 3.35. The SMILES string of the molecule is COc1ccc2[nH]cc(CCNC[C@H]3C(=O)O[C@@H]4CC5=CCC[C@@H](C)[C@@]5(C)[C@H](O)[C@@H]43)c2c1. The second kappa shape index (κ2) is 8.23. The van der Waals surface area contributed by atoms with E-state index in [2.05, 4.69) is 36.3 Å². The predicted octanol–water partition coefficient (Wildman–Crippen LogP) is 3.59. The van der Waals surface area contributed by atoms with Gasteiger partial charge < -0.3 is 24.9 Å². The summed E-state index contributed by atoms with van der Waals surface area (Å²) >= 11 is 0. The molecular weight excluding hydrogens is 404 g/mol. The number of benzene rings is 1. The van der Waals surface area contributed by atoms with Gasteiger partial charge in [-0.15, -0.1) is 0 Å². The van der Waals surface area contributed by atoms with Crippen molar-refractivity contribution in [2.45, 2.75) is 51.7 Å². The smallest absolute Gasteiger partial charge is 0.311 e. The van der Waals surface area contributed by atoms with Gasteiger partial charge in [-0.25, -0.2) is 0 Å². The van der Waals surface area contributed by atoms with Crippen LogP contribution in [0.2, 0.25) is 0 Å². The van der Waals surface area contributed by atoms with Gasteiger partial charge in [0.2, 0.25) is 0 Å². The maximum absolute atomic E-state index is 12.7. The Bertz CT molecular complexity index is 1040. The molecule has 0 amide bonds. The van der Waals surface area contributed by atoms with Crippen molar-refractivity contribution in [3.8, 4) is 5.75 Å². The van der Waals surface area contributed by atoms with Crippen LogP contribution in [0, 0.1) is 23.2 Å². The first-order chi connectivity index (χ1) is 15.4. The molecule has 2 aromatic rings. The van der Waals surface area contributed by atoms with E-state index in [0.29, 0.717) is 12.5 Å². The number of allylic oxidation sites excluding steroid dienone is 1. The fourth-order valence-corrected chi connectivity index (χ4v) is 6.27. The molecule has 1 aromatic carbocycles. The number of aromatic amines is 1. The number of H-pyrrole nitrogens is 1. The molecule has 0 bridgehead atoms. The molecule has 1 aromatic heterocycles. The summed E-state index contributed by atoms with van der Waals surface area (Å²) in [6, 6.07) is 6.03. The van der Waals surface area contributed by atoms with Crippen molar-refractivity contribution in [3.05, 3.63) is 41.6 Å². The van der Waals surface area contributed by atoms with E-state index >= 15 is 0 Å². The molecule has 2 aliphatic carbocycles. The summed E-state index contributed by atoms with van der Waals surface area (Å²) in [6.07, 6.45) is 7.30. The zero-order valence-electron chi connectivity index (χ0n) is 19.2. The van der Waals surface area contributed by atoms with Crippen molar-refractivity contribution in [2.24, 2.45) is 23.2 Å². The standard InChI is InChI=1S/C26H34N2O4/c1-15-5-4-6-17-11-22-23(24(29)26(15,17)2)20(25(30)32-22)14-27-10-9-16-13-28-21-8-7-18(31-3)12-19(16)21/h6-8,12-13,15,20,22-24,27-29H,4-5,9-11,14H2,1-3H3/t15-,20-,22-,23-,24-,26-/m1/s1. The molecule has 0 unspecified atom stereocenters. The molecule has 6 heteroatoms. The molecule has 3 aliphatic rings. The van der Waals surface area contributed by atoms with Crippen molar-refractivity contribution in [2.75, 3.05) is 20.2 Å². The van der Waals surface area contributed by atoms with Gasteiger partial charge in [0.1, 0.15) is 11.9 Å². The van der Waals surface area contributed by atoms with Crippen LogP contribution in [-0.4, -0.2) is 48.5 Å². The highest BCUT2D eigenvalue weighted by molar-refractivity contribution is 5.84. The molecule has 6 nitrogen and oxygen atoms in total. The third-order valence-electron chi connectivity index (χ3n) is 8.48. The summed E-state index contributed by atoms with van der Waals surface area (Å²) in [5.41, 5.74) is 3.33. The second-order valence-corrected chi connectivity index (χ2v) is 9.98. The van der Waals surface area contributed by atoms with Gasteiger partial charge in [0.25, 0.3) is 0 Å². The van der Waals surface area contributed by atoms with E-state index in [4.69, 9.17) is 9.47 Å². The maximum Gasteiger partial charge on any atom is 0.311 e. The maximum atomic E-state index is 12.7. The van der Waals surface area contributed by atoms with Crippen LogP contribution < -0.4 is 10.1 Å². The lowest BCUT2D eigenvalue weighted by atomic mass is 9.55. The van der Waals surface area contributed by atoms with Gasteiger partial charge in [0.15, 0.2) is 0 Å². The number of carbonyl (C=O) groups is 1. The van der Waals surface area contributed by atoms with Gasteiger partial charge in [-0.2, -0.15) is 0 Å². The van der Waals surface area contributed by atoms with Crippen LogP contribution in [0.1, 0.15) is 38.7 Å². The van der Waals surface area contributed by atoms with Gasteiger partial charge in [0, 0.05) is 41.4 Å². The van der Waals surface area contributed by atoms with Crippen LogP contribution in [0.3, 0.4) is 0 Å². The molecular formula is C26H34N2O4. The highest BCUT2D eigenvalue weighted by Crippen LogP contribution is 2.55. The van der Waals surface area contributed by atoms with E-state index in [1.54, 1.807) is 7.11 Å². The van der Waals surface area contributed by atoms with Gasteiger partial charge >= 0.3 is 5.97 Å². The Morgan fingerprint density at radius 3 is 3.03 bits per heavy atom. The Labute approximate surface area is 189 Å². The lowest BCUT2D eigenvalue weighted by molar-refractivity contribution is -0.144. The summed E-state index contributed by atoms with van der Waals surface area (Å²) in [5.74, 6) is 0.636. The number of carbonyl (C=O) groups excluding carboxylic acids is 1. The van der Waals surface area contributed by atoms with Crippen LogP contribution in [0.25, 0.3) is 10.9 Å². The number of methoxy groups -OCH3 is 1. The fraction of sp³-hybridized carbons (Fsp3) is 0.577. The van der Waals surface area contributed by atoms with Gasteiger partial charge in [-0.1, -0.05) is 25.5 Å². The molecule has 3 N–H and O–H groups in total. The lowest BCUT2D eigenvalue weighted by Crippen LogP contribution is -2.54. The average molecular weight is 439 g/mol. The number of rotatable bonds is 6. The zero-order valence-corrected chi connectivity index (χ0v) is 19.2. The monoisotopic (exact) mass is 438 g/mol. The molecule has 172 valence electrons. The predicted molar refractivity (Wildman–Crippen MR) is 123 cm³/mol. The van der Waals surface area contributed by atoms with Crippen LogP contribution in [0.15, 0.2) is 36.0 Å². The number of ether oxygens (including phenoxy) is 2. The van der Waals surface area contributed by atoms with E-state index in [1.165, 1.54) is 11.1 Å². The summed E-state index contributed by atoms with van der Waals surface area (Å²) < 4.78 is 11.1.